The molecule has 0 bridgehead atoms. The van der Waals surface area contributed by atoms with Crippen LogP contribution in [0, 0.1) is 11.6 Å². The van der Waals surface area contributed by atoms with Gasteiger partial charge in [-0.1, -0.05) is 25.5 Å². The zero-order valence-corrected chi connectivity index (χ0v) is 12.1. The number of halogens is 2. The lowest BCUT2D eigenvalue weighted by Crippen LogP contribution is -2.44. The Morgan fingerprint density at radius 2 is 2.05 bits per heavy atom. The van der Waals surface area contributed by atoms with Gasteiger partial charge in [-0.05, 0) is 24.1 Å². The van der Waals surface area contributed by atoms with Gasteiger partial charge in [0, 0.05) is 6.42 Å². The number of carbonyl (C=O) groups excluding carboxylic acids is 1. The molecule has 1 amide bonds. The second kappa shape index (κ2) is 8.11. The average Bonchev–Trinajstić information content (AvgIpc) is 2.47. The highest BCUT2D eigenvalue weighted by atomic mass is 19.2. The molecule has 0 spiro atoms. The Morgan fingerprint density at radius 1 is 1.36 bits per heavy atom. The molecular formula is C15H18F2N2O3. The first-order valence-corrected chi connectivity index (χ1v) is 6.78. The fraction of sp³-hybridized carbons (Fsp3) is 0.333. The zero-order chi connectivity index (χ0) is 16.7. The van der Waals surface area contributed by atoms with Gasteiger partial charge in [-0.2, -0.15) is 0 Å². The fourth-order valence-corrected chi connectivity index (χ4v) is 1.74. The van der Waals surface area contributed by atoms with Gasteiger partial charge in [-0.3, -0.25) is 4.79 Å². The van der Waals surface area contributed by atoms with Crippen LogP contribution in [0.3, 0.4) is 0 Å². The quantitative estimate of drug-likeness (QED) is 0.668. The van der Waals surface area contributed by atoms with Crippen LogP contribution in [0.4, 0.5) is 8.78 Å². The topological polar surface area (TPSA) is 92.4 Å². The van der Waals surface area contributed by atoms with E-state index in [-0.39, 0.29) is 17.7 Å². The summed E-state index contributed by atoms with van der Waals surface area (Å²) in [6.07, 6.45) is 2.72. The fourth-order valence-electron chi connectivity index (χ4n) is 1.74. The summed E-state index contributed by atoms with van der Waals surface area (Å²) in [7, 11) is 0. The minimum Gasteiger partial charge on any atom is -0.480 e. The Kier molecular flexibility index (Phi) is 6.49. The summed E-state index contributed by atoms with van der Waals surface area (Å²) in [4.78, 5) is 23.0. The molecule has 1 rings (SSSR count). The van der Waals surface area contributed by atoms with Crippen LogP contribution in [0.25, 0.3) is 0 Å². The molecule has 0 fully saturated rings. The molecule has 22 heavy (non-hydrogen) atoms. The molecule has 0 aliphatic heterocycles. The number of carboxylic acid groups (broad SMARTS) is 1. The maximum absolute atomic E-state index is 13.1. The van der Waals surface area contributed by atoms with Gasteiger partial charge in [0.25, 0.3) is 5.91 Å². The number of rotatable bonds is 7. The van der Waals surface area contributed by atoms with Crippen LogP contribution in [0.15, 0.2) is 30.0 Å². The number of carbonyl (C=O) groups is 2. The maximum Gasteiger partial charge on any atom is 0.326 e. The van der Waals surface area contributed by atoms with Crippen molar-refractivity contribution in [1.29, 1.82) is 0 Å². The Bertz CT molecular complexity index is 588. The van der Waals surface area contributed by atoms with Crippen LogP contribution < -0.4 is 11.1 Å². The lowest BCUT2D eigenvalue weighted by molar-refractivity contribution is -0.141. The van der Waals surface area contributed by atoms with Gasteiger partial charge in [0.05, 0.1) is 5.70 Å². The number of nitrogens with one attached hydrogen (secondary N) is 1. The van der Waals surface area contributed by atoms with Crippen molar-refractivity contribution in [2.75, 3.05) is 0 Å². The highest BCUT2D eigenvalue weighted by molar-refractivity contribution is 5.95. The van der Waals surface area contributed by atoms with E-state index in [4.69, 9.17) is 10.8 Å². The maximum atomic E-state index is 13.1. The number of allylic oxidation sites excluding steroid dienone is 1. The first-order valence-electron chi connectivity index (χ1n) is 6.78. The van der Waals surface area contributed by atoms with Crippen molar-refractivity contribution in [3.63, 3.8) is 0 Å². The highest BCUT2D eigenvalue weighted by Gasteiger charge is 2.21. The van der Waals surface area contributed by atoms with Crippen molar-refractivity contribution in [2.45, 2.75) is 32.2 Å². The van der Waals surface area contributed by atoms with E-state index in [2.05, 4.69) is 5.32 Å². The second-order valence-corrected chi connectivity index (χ2v) is 4.77. The number of amides is 1. The van der Waals surface area contributed by atoms with E-state index in [1.54, 1.807) is 0 Å². The van der Waals surface area contributed by atoms with Crippen molar-refractivity contribution in [3.05, 3.63) is 47.2 Å². The molecule has 7 heteroatoms. The van der Waals surface area contributed by atoms with E-state index >= 15 is 0 Å². The molecule has 0 aliphatic rings. The average molecular weight is 312 g/mol. The van der Waals surface area contributed by atoms with E-state index in [1.807, 2.05) is 6.92 Å². The molecule has 5 nitrogen and oxygen atoms in total. The lowest BCUT2D eigenvalue weighted by Gasteiger charge is -2.15. The monoisotopic (exact) mass is 312 g/mol. The van der Waals surface area contributed by atoms with Crippen molar-refractivity contribution >= 4 is 11.9 Å². The number of aliphatic carboxylic acids is 1. The summed E-state index contributed by atoms with van der Waals surface area (Å²) < 4.78 is 26.0. The molecule has 1 aromatic carbocycles. The van der Waals surface area contributed by atoms with E-state index < -0.39 is 29.6 Å². The molecule has 0 aromatic heterocycles. The van der Waals surface area contributed by atoms with Crippen molar-refractivity contribution in [2.24, 2.45) is 5.73 Å². The number of hydrogen-bond donors (Lipinski definition) is 3. The molecule has 0 saturated carbocycles. The Balaban J connectivity index is 2.79. The van der Waals surface area contributed by atoms with Gasteiger partial charge in [0.15, 0.2) is 11.6 Å². The minimum atomic E-state index is -1.29. The van der Waals surface area contributed by atoms with Gasteiger partial charge >= 0.3 is 5.97 Å². The van der Waals surface area contributed by atoms with E-state index in [0.717, 1.165) is 18.6 Å². The SMILES string of the molecule is CCC/C=C(\N)C(=O)NC(Cc1ccc(F)c(F)c1)C(=O)O. The van der Waals surface area contributed by atoms with E-state index in [9.17, 15) is 18.4 Å². The summed E-state index contributed by atoms with van der Waals surface area (Å²) in [5, 5.41) is 11.4. The molecule has 1 atom stereocenters. The molecule has 4 N–H and O–H groups in total. The van der Waals surface area contributed by atoms with Crippen LogP contribution in [0.1, 0.15) is 25.3 Å². The summed E-state index contributed by atoms with van der Waals surface area (Å²) >= 11 is 0. The van der Waals surface area contributed by atoms with E-state index in [1.165, 1.54) is 12.1 Å². The summed E-state index contributed by atoms with van der Waals surface area (Å²) in [6.45, 7) is 1.91. The van der Waals surface area contributed by atoms with Crippen LogP contribution in [-0.4, -0.2) is 23.0 Å². The van der Waals surface area contributed by atoms with Crippen LogP contribution in [-0.2, 0) is 16.0 Å². The molecule has 0 heterocycles. The molecular weight excluding hydrogens is 294 g/mol. The predicted molar refractivity (Wildman–Crippen MR) is 76.8 cm³/mol. The number of nitrogens with two attached hydrogens (primary N) is 1. The lowest BCUT2D eigenvalue weighted by atomic mass is 10.1. The first-order chi connectivity index (χ1) is 10.3. The summed E-state index contributed by atoms with van der Waals surface area (Å²) in [5.41, 5.74) is 5.72. The van der Waals surface area contributed by atoms with Crippen LogP contribution in [0.2, 0.25) is 0 Å². The minimum absolute atomic E-state index is 0.0709. The second-order valence-electron chi connectivity index (χ2n) is 4.77. The summed E-state index contributed by atoms with van der Waals surface area (Å²) in [6, 6.07) is 1.77. The number of hydrogen-bond acceptors (Lipinski definition) is 3. The Morgan fingerprint density at radius 3 is 2.59 bits per heavy atom. The van der Waals surface area contributed by atoms with Crippen LogP contribution in [0.5, 0.6) is 0 Å². The Hall–Kier alpha value is -2.44. The van der Waals surface area contributed by atoms with Gasteiger partial charge in [0.2, 0.25) is 0 Å². The first kappa shape index (κ1) is 17.6. The van der Waals surface area contributed by atoms with Gasteiger partial charge in [-0.15, -0.1) is 0 Å². The smallest absolute Gasteiger partial charge is 0.326 e. The van der Waals surface area contributed by atoms with Gasteiger partial charge < -0.3 is 16.2 Å². The summed E-state index contributed by atoms with van der Waals surface area (Å²) in [5.74, 6) is -4.09. The molecule has 0 radical (unpaired) electrons. The molecule has 0 saturated heterocycles. The zero-order valence-electron chi connectivity index (χ0n) is 12.1. The highest BCUT2D eigenvalue weighted by Crippen LogP contribution is 2.11. The number of carboxylic acids is 1. The molecule has 0 aliphatic carbocycles. The molecule has 120 valence electrons. The normalized spacial score (nSPS) is 12.8. The largest absolute Gasteiger partial charge is 0.480 e. The number of unbranched alkanes of at least 4 members (excludes halogenated alkanes) is 1. The van der Waals surface area contributed by atoms with Crippen molar-refractivity contribution in [1.82, 2.24) is 5.32 Å². The third kappa shape index (κ3) is 5.16. The number of benzene rings is 1. The van der Waals surface area contributed by atoms with Gasteiger partial charge in [-0.25, -0.2) is 13.6 Å². The third-order valence-corrected chi connectivity index (χ3v) is 2.94. The van der Waals surface area contributed by atoms with Crippen molar-refractivity contribution in [3.8, 4) is 0 Å². The predicted octanol–water partition coefficient (Wildman–Crippen LogP) is 1.72. The third-order valence-electron chi connectivity index (χ3n) is 2.94. The standard InChI is InChI=1S/C15H18F2N2O3/c1-2-3-4-12(18)14(20)19-13(15(21)22)8-9-5-6-10(16)11(17)7-9/h4-7,13H,2-3,8,18H2,1H3,(H,19,20)(H,21,22)/b12-4-. The van der Waals surface area contributed by atoms with E-state index in [0.29, 0.717) is 6.42 Å². The van der Waals surface area contributed by atoms with Gasteiger partial charge in [0.1, 0.15) is 6.04 Å². The van der Waals surface area contributed by atoms with Crippen molar-refractivity contribution < 1.29 is 23.5 Å². The Labute approximate surface area is 126 Å². The molecule has 1 unspecified atom stereocenters. The molecule has 1 aromatic rings. The van der Waals surface area contributed by atoms with Crippen LogP contribution >= 0.6 is 0 Å².